The number of urea groups is 1. The van der Waals surface area contributed by atoms with Crippen LogP contribution in [0.3, 0.4) is 0 Å². The maximum Gasteiger partial charge on any atom is 0.326 e. The second-order valence-electron chi connectivity index (χ2n) is 7.39. The Labute approximate surface area is 210 Å². The molecule has 3 aromatic rings. The van der Waals surface area contributed by atoms with Crippen LogP contribution in [0, 0.1) is 11.6 Å². The Hall–Kier alpha value is -3.49. The van der Waals surface area contributed by atoms with Gasteiger partial charge in [0.15, 0.2) is 0 Å². The first-order chi connectivity index (χ1) is 16.8. The SMILES string of the molecule is CCC/C(=N\OCc1ccc(NC(=O)NC(=O)c2c(F)cccc2F)cc1)c1ccc(Cl)cc1Cl. The van der Waals surface area contributed by atoms with E-state index >= 15 is 0 Å². The lowest BCUT2D eigenvalue weighted by atomic mass is 10.1. The molecular formula is C25H21Cl2F2N3O3. The van der Waals surface area contributed by atoms with Crippen molar-refractivity contribution >= 4 is 46.5 Å². The third kappa shape index (κ3) is 7.24. The summed E-state index contributed by atoms with van der Waals surface area (Å²) in [6.07, 6.45) is 1.50. The molecule has 2 N–H and O–H groups in total. The Morgan fingerprint density at radius 2 is 1.69 bits per heavy atom. The number of oxime groups is 1. The molecule has 0 atom stereocenters. The predicted octanol–water partition coefficient (Wildman–Crippen LogP) is 6.95. The van der Waals surface area contributed by atoms with E-state index in [0.717, 1.165) is 35.7 Å². The van der Waals surface area contributed by atoms with E-state index in [1.165, 1.54) is 0 Å². The number of nitrogens with zero attached hydrogens (tertiary/aromatic N) is 1. The van der Waals surface area contributed by atoms with Crippen molar-refractivity contribution in [2.24, 2.45) is 5.16 Å². The van der Waals surface area contributed by atoms with Crippen LogP contribution in [0.2, 0.25) is 10.0 Å². The van der Waals surface area contributed by atoms with Crippen LogP contribution in [0.5, 0.6) is 0 Å². The van der Waals surface area contributed by atoms with Crippen molar-refractivity contribution in [3.8, 4) is 0 Å². The zero-order chi connectivity index (χ0) is 25.4. The molecule has 0 saturated carbocycles. The second kappa shape index (κ2) is 12.3. The maximum absolute atomic E-state index is 13.7. The molecule has 0 spiro atoms. The number of halogens is 4. The first kappa shape index (κ1) is 26.1. The third-order valence-electron chi connectivity index (χ3n) is 4.76. The lowest BCUT2D eigenvalue weighted by Crippen LogP contribution is -2.35. The fourth-order valence-electron chi connectivity index (χ4n) is 3.10. The molecular weight excluding hydrogens is 499 g/mol. The number of imide groups is 1. The van der Waals surface area contributed by atoms with Crippen LogP contribution in [0.1, 0.15) is 41.3 Å². The number of anilines is 1. The van der Waals surface area contributed by atoms with Gasteiger partial charge in [-0.05, 0) is 48.4 Å². The normalized spacial score (nSPS) is 11.2. The largest absolute Gasteiger partial charge is 0.391 e. The summed E-state index contributed by atoms with van der Waals surface area (Å²) in [4.78, 5) is 29.6. The smallest absolute Gasteiger partial charge is 0.326 e. The fraction of sp³-hybridized carbons (Fsp3) is 0.160. The van der Waals surface area contributed by atoms with E-state index in [0.29, 0.717) is 27.9 Å². The third-order valence-corrected chi connectivity index (χ3v) is 5.31. The van der Waals surface area contributed by atoms with Gasteiger partial charge in [-0.1, -0.05) is 66.0 Å². The molecule has 0 aliphatic rings. The second-order valence-corrected chi connectivity index (χ2v) is 8.23. The standard InChI is InChI=1S/C25H21Cl2F2N3O3/c1-2-4-22(18-12-9-16(26)13-19(18)27)32-35-14-15-7-10-17(11-8-15)30-25(34)31-24(33)23-20(28)5-3-6-21(23)29/h3,5-13H,2,4,14H2,1H3,(H2,30,31,33,34)/b32-22+. The van der Waals surface area contributed by atoms with Gasteiger partial charge in [0.1, 0.15) is 23.8 Å². The zero-order valence-corrected chi connectivity index (χ0v) is 20.1. The first-order valence-corrected chi connectivity index (χ1v) is 11.3. The number of rotatable bonds is 8. The molecule has 182 valence electrons. The summed E-state index contributed by atoms with van der Waals surface area (Å²) in [7, 11) is 0. The van der Waals surface area contributed by atoms with E-state index in [1.54, 1.807) is 42.5 Å². The van der Waals surface area contributed by atoms with Crippen molar-refractivity contribution in [1.82, 2.24) is 5.32 Å². The summed E-state index contributed by atoms with van der Waals surface area (Å²) >= 11 is 12.2. The van der Waals surface area contributed by atoms with Crippen molar-refractivity contribution < 1.29 is 23.2 Å². The van der Waals surface area contributed by atoms with Gasteiger partial charge in [0.05, 0.1) is 10.7 Å². The van der Waals surface area contributed by atoms with Crippen molar-refractivity contribution in [3.05, 3.63) is 99.0 Å². The molecule has 0 bridgehead atoms. The average Bonchev–Trinajstić information content (AvgIpc) is 2.79. The Morgan fingerprint density at radius 3 is 2.31 bits per heavy atom. The van der Waals surface area contributed by atoms with E-state index in [-0.39, 0.29) is 6.61 Å². The molecule has 3 aromatic carbocycles. The van der Waals surface area contributed by atoms with E-state index in [1.807, 2.05) is 12.2 Å². The van der Waals surface area contributed by atoms with Crippen LogP contribution in [0.15, 0.2) is 65.8 Å². The van der Waals surface area contributed by atoms with Gasteiger partial charge in [-0.3, -0.25) is 10.1 Å². The van der Waals surface area contributed by atoms with Crippen molar-refractivity contribution in [2.75, 3.05) is 5.32 Å². The minimum atomic E-state index is -1.19. The van der Waals surface area contributed by atoms with Crippen molar-refractivity contribution in [1.29, 1.82) is 0 Å². The summed E-state index contributed by atoms with van der Waals surface area (Å²) in [6.45, 7) is 2.18. The number of carbonyl (C=O) groups is 2. The number of hydrogen-bond acceptors (Lipinski definition) is 4. The maximum atomic E-state index is 13.7. The van der Waals surface area contributed by atoms with Gasteiger partial charge in [-0.2, -0.15) is 0 Å². The van der Waals surface area contributed by atoms with E-state index in [2.05, 4.69) is 10.5 Å². The molecule has 3 amide bonds. The van der Waals surface area contributed by atoms with Gasteiger partial charge in [-0.25, -0.2) is 13.6 Å². The van der Waals surface area contributed by atoms with E-state index < -0.39 is 29.1 Å². The molecule has 0 aromatic heterocycles. The molecule has 3 rings (SSSR count). The summed E-state index contributed by atoms with van der Waals surface area (Å²) in [6, 6.07) is 13.8. The zero-order valence-electron chi connectivity index (χ0n) is 18.6. The lowest BCUT2D eigenvalue weighted by Gasteiger charge is -2.10. The minimum Gasteiger partial charge on any atom is -0.391 e. The molecule has 10 heteroatoms. The highest BCUT2D eigenvalue weighted by Crippen LogP contribution is 2.23. The fourth-order valence-corrected chi connectivity index (χ4v) is 3.62. The van der Waals surface area contributed by atoms with Gasteiger partial charge in [0.2, 0.25) is 0 Å². The summed E-state index contributed by atoms with van der Waals surface area (Å²) in [5, 5.41) is 9.56. The van der Waals surface area contributed by atoms with Gasteiger partial charge in [0, 0.05) is 16.3 Å². The van der Waals surface area contributed by atoms with Gasteiger partial charge >= 0.3 is 6.03 Å². The molecule has 0 saturated heterocycles. The van der Waals surface area contributed by atoms with Crippen LogP contribution < -0.4 is 10.6 Å². The van der Waals surface area contributed by atoms with Gasteiger partial charge < -0.3 is 10.2 Å². The van der Waals surface area contributed by atoms with Gasteiger partial charge in [0.25, 0.3) is 5.91 Å². The summed E-state index contributed by atoms with van der Waals surface area (Å²) in [5.74, 6) is -3.32. The van der Waals surface area contributed by atoms with E-state index in [9.17, 15) is 18.4 Å². The van der Waals surface area contributed by atoms with Crippen molar-refractivity contribution in [2.45, 2.75) is 26.4 Å². The van der Waals surface area contributed by atoms with Crippen LogP contribution in [-0.4, -0.2) is 17.6 Å². The van der Waals surface area contributed by atoms with Gasteiger partial charge in [-0.15, -0.1) is 0 Å². The Balaban J connectivity index is 1.57. The Kier molecular flexibility index (Phi) is 9.17. The topological polar surface area (TPSA) is 79.8 Å². The molecule has 35 heavy (non-hydrogen) atoms. The molecule has 0 radical (unpaired) electrons. The highest BCUT2D eigenvalue weighted by molar-refractivity contribution is 6.37. The molecule has 0 fully saturated rings. The number of amides is 3. The minimum absolute atomic E-state index is 0.163. The number of hydrogen-bond donors (Lipinski definition) is 2. The van der Waals surface area contributed by atoms with E-state index in [4.69, 9.17) is 28.0 Å². The monoisotopic (exact) mass is 519 g/mol. The lowest BCUT2D eigenvalue weighted by molar-refractivity contribution is 0.0959. The molecule has 0 aliphatic heterocycles. The molecule has 6 nitrogen and oxygen atoms in total. The van der Waals surface area contributed by atoms with Crippen LogP contribution in [-0.2, 0) is 11.4 Å². The quantitative estimate of drug-likeness (QED) is 0.249. The number of nitrogens with one attached hydrogen (secondary N) is 2. The van der Waals surface area contributed by atoms with Crippen LogP contribution in [0.4, 0.5) is 19.3 Å². The van der Waals surface area contributed by atoms with Crippen molar-refractivity contribution in [3.63, 3.8) is 0 Å². The number of carbonyl (C=O) groups excluding carboxylic acids is 2. The Bertz CT molecular complexity index is 1230. The molecule has 0 unspecified atom stereocenters. The predicted molar refractivity (Wildman–Crippen MR) is 132 cm³/mol. The Morgan fingerprint density at radius 1 is 1.00 bits per heavy atom. The summed E-state index contributed by atoms with van der Waals surface area (Å²) < 4.78 is 27.4. The van der Waals surface area contributed by atoms with Crippen LogP contribution >= 0.6 is 23.2 Å². The first-order valence-electron chi connectivity index (χ1n) is 10.6. The molecule has 0 aliphatic carbocycles. The number of benzene rings is 3. The highest BCUT2D eigenvalue weighted by atomic mass is 35.5. The highest BCUT2D eigenvalue weighted by Gasteiger charge is 2.19. The molecule has 0 heterocycles. The average molecular weight is 520 g/mol. The van der Waals surface area contributed by atoms with Crippen LogP contribution in [0.25, 0.3) is 0 Å². The summed E-state index contributed by atoms with van der Waals surface area (Å²) in [5.41, 5.74) is 1.73.